The Balaban J connectivity index is 2.06. The number of nitrogens with zero attached hydrogens (tertiary/aromatic N) is 3. The van der Waals surface area contributed by atoms with Crippen LogP contribution in [0.3, 0.4) is 0 Å². The van der Waals surface area contributed by atoms with Gasteiger partial charge >= 0.3 is 0 Å². The molecule has 0 bridgehead atoms. The van der Waals surface area contributed by atoms with Crippen LogP contribution in [0.25, 0.3) is 0 Å². The Labute approximate surface area is 121 Å². The number of hydrogen-bond acceptors (Lipinski definition) is 5. The van der Waals surface area contributed by atoms with Gasteiger partial charge in [0.15, 0.2) is 5.84 Å². The van der Waals surface area contributed by atoms with E-state index < -0.39 is 10.0 Å². The highest BCUT2D eigenvalue weighted by Gasteiger charge is 2.15. The maximum absolute atomic E-state index is 12.0. The third kappa shape index (κ3) is 3.58. The van der Waals surface area contributed by atoms with E-state index in [0.29, 0.717) is 5.56 Å². The number of nitrogens with two attached hydrogens (primary N) is 1. The molecule has 21 heavy (non-hydrogen) atoms. The van der Waals surface area contributed by atoms with Crippen molar-refractivity contribution in [1.82, 2.24) is 14.5 Å². The van der Waals surface area contributed by atoms with Crippen LogP contribution in [0.4, 0.5) is 0 Å². The van der Waals surface area contributed by atoms with Crippen molar-refractivity contribution in [2.24, 2.45) is 17.9 Å². The molecule has 0 spiro atoms. The van der Waals surface area contributed by atoms with Gasteiger partial charge in [0.2, 0.25) is 10.0 Å². The summed E-state index contributed by atoms with van der Waals surface area (Å²) in [7, 11) is -1.95. The molecule has 9 heteroatoms. The molecule has 0 unspecified atom stereocenters. The number of amidine groups is 1. The summed E-state index contributed by atoms with van der Waals surface area (Å²) in [6.07, 6.45) is 2.70. The van der Waals surface area contributed by atoms with E-state index >= 15 is 0 Å². The van der Waals surface area contributed by atoms with Gasteiger partial charge in [-0.25, -0.2) is 13.1 Å². The first-order valence-corrected chi connectivity index (χ1v) is 7.46. The van der Waals surface area contributed by atoms with E-state index in [2.05, 4.69) is 15.0 Å². The zero-order valence-electron chi connectivity index (χ0n) is 11.3. The summed E-state index contributed by atoms with van der Waals surface area (Å²) in [5.41, 5.74) is 6.74. The van der Waals surface area contributed by atoms with Gasteiger partial charge in [-0.2, -0.15) is 5.10 Å². The first-order valence-electron chi connectivity index (χ1n) is 5.97. The second-order valence-electron chi connectivity index (χ2n) is 4.36. The van der Waals surface area contributed by atoms with Gasteiger partial charge in [-0.15, -0.1) is 0 Å². The van der Waals surface area contributed by atoms with Crippen LogP contribution in [-0.4, -0.2) is 29.2 Å². The molecule has 0 saturated heterocycles. The van der Waals surface area contributed by atoms with Gasteiger partial charge in [-0.05, 0) is 5.56 Å². The minimum absolute atomic E-state index is 0.00232. The number of hydrogen-bond donors (Lipinski definition) is 3. The zero-order valence-corrected chi connectivity index (χ0v) is 12.1. The maximum atomic E-state index is 12.0. The van der Waals surface area contributed by atoms with Crippen LogP contribution < -0.4 is 10.5 Å². The number of oxime groups is 1. The van der Waals surface area contributed by atoms with E-state index in [4.69, 9.17) is 10.9 Å². The van der Waals surface area contributed by atoms with Crippen LogP contribution in [0, 0.1) is 0 Å². The molecule has 0 radical (unpaired) electrons. The molecular weight excluding hydrogens is 294 g/mol. The fraction of sp³-hybridized carbons (Fsp3) is 0.167. The third-order valence-corrected chi connectivity index (χ3v) is 4.17. The van der Waals surface area contributed by atoms with Crippen molar-refractivity contribution >= 4 is 15.9 Å². The first-order chi connectivity index (χ1) is 9.92. The number of aromatic nitrogens is 2. The van der Waals surface area contributed by atoms with Gasteiger partial charge in [0.1, 0.15) is 4.90 Å². The quantitative estimate of drug-likeness (QED) is 0.310. The summed E-state index contributed by atoms with van der Waals surface area (Å²) in [6, 6.07) is 6.67. The van der Waals surface area contributed by atoms with E-state index in [0.717, 1.165) is 5.56 Å². The minimum atomic E-state index is -3.59. The molecular formula is C12H15N5O3S. The lowest BCUT2D eigenvalue weighted by Crippen LogP contribution is -2.23. The summed E-state index contributed by atoms with van der Waals surface area (Å²) in [5.74, 6) is -0.00232. The fourth-order valence-electron chi connectivity index (χ4n) is 1.65. The van der Waals surface area contributed by atoms with Crippen molar-refractivity contribution in [3.63, 3.8) is 0 Å². The molecule has 2 rings (SSSR count). The minimum Gasteiger partial charge on any atom is -0.409 e. The Hall–Kier alpha value is -2.39. The second kappa shape index (κ2) is 5.94. The molecule has 0 aliphatic rings. The number of nitrogens with one attached hydrogen (secondary N) is 1. The summed E-state index contributed by atoms with van der Waals surface area (Å²) < 4.78 is 27.9. The van der Waals surface area contributed by atoms with Crippen molar-refractivity contribution in [2.45, 2.75) is 11.4 Å². The molecule has 0 saturated carbocycles. The Morgan fingerprint density at radius 3 is 2.62 bits per heavy atom. The first kappa shape index (κ1) is 15.0. The van der Waals surface area contributed by atoms with Crippen molar-refractivity contribution in [3.05, 3.63) is 47.8 Å². The number of rotatable bonds is 5. The predicted octanol–water partition coefficient (Wildman–Crippen LogP) is -0.00690. The highest BCUT2D eigenvalue weighted by molar-refractivity contribution is 7.89. The van der Waals surface area contributed by atoms with Crippen molar-refractivity contribution in [3.8, 4) is 0 Å². The largest absolute Gasteiger partial charge is 0.409 e. The van der Waals surface area contributed by atoms with Gasteiger partial charge in [0, 0.05) is 25.4 Å². The Morgan fingerprint density at radius 1 is 1.43 bits per heavy atom. The van der Waals surface area contributed by atoms with E-state index in [-0.39, 0.29) is 17.3 Å². The van der Waals surface area contributed by atoms with Crippen LogP contribution in [0.5, 0.6) is 0 Å². The third-order valence-electron chi connectivity index (χ3n) is 2.82. The Kier molecular flexibility index (Phi) is 4.24. The highest BCUT2D eigenvalue weighted by atomic mass is 32.2. The molecule has 8 nitrogen and oxygen atoms in total. The lowest BCUT2D eigenvalue weighted by molar-refractivity contribution is 0.318. The molecule has 0 atom stereocenters. The topological polar surface area (TPSA) is 123 Å². The average Bonchev–Trinajstić information content (AvgIpc) is 2.92. The molecule has 1 heterocycles. The fourth-order valence-corrected chi connectivity index (χ4v) is 2.65. The zero-order chi connectivity index (χ0) is 15.5. The van der Waals surface area contributed by atoms with E-state index in [9.17, 15) is 8.42 Å². The summed E-state index contributed by atoms with van der Waals surface area (Å²) in [6.45, 7) is 0.133. The molecule has 0 amide bonds. The number of benzene rings is 1. The highest BCUT2D eigenvalue weighted by Crippen LogP contribution is 2.09. The smallest absolute Gasteiger partial charge is 0.243 e. The van der Waals surface area contributed by atoms with Crippen LogP contribution in [-0.2, 0) is 23.6 Å². The standard InChI is InChI=1S/C12H15N5O3S/c1-17-8-11(7-14-17)21(19,20)15-6-9-2-4-10(5-3-9)12(13)16-18/h2-5,7-8,15,18H,6H2,1H3,(H2,13,16). The molecule has 0 fully saturated rings. The average molecular weight is 309 g/mol. The van der Waals surface area contributed by atoms with Crippen LogP contribution >= 0.6 is 0 Å². The SMILES string of the molecule is Cn1cc(S(=O)(=O)NCc2ccc(C(N)=NO)cc2)cn1. The van der Waals surface area contributed by atoms with Gasteiger partial charge < -0.3 is 10.9 Å². The van der Waals surface area contributed by atoms with Crippen molar-refractivity contribution in [2.75, 3.05) is 0 Å². The van der Waals surface area contributed by atoms with Crippen LogP contribution in [0.1, 0.15) is 11.1 Å². The van der Waals surface area contributed by atoms with Crippen LogP contribution in [0.15, 0.2) is 46.7 Å². The summed E-state index contributed by atoms with van der Waals surface area (Å²) in [5, 5.41) is 15.3. The molecule has 112 valence electrons. The van der Waals surface area contributed by atoms with Crippen LogP contribution in [0.2, 0.25) is 0 Å². The summed E-state index contributed by atoms with van der Waals surface area (Å²) >= 11 is 0. The van der Waals surface area contributed by atoms with Crippen molar-refractivity contribution < 1.29 is 13.6 Å². The molecule has 2 aromatic rings. The molecule has 1 aromatic heterocycles. The second-order valence-corrected chi connectivity index (χ2v) is 6.12. The number of sulfonamides is 1. The summed E-state index contributed by atoms with van der Waals surface area (Å²) in [4.78, 5) is 0.110. The molecule has 0 aliphatic heterocycles. The predicted molar refractivity (Wildman–Crippen MR) is 76.2 cm³/mol. The van der Waals surface area contributed by atoms with Gasteiger partial charge in [0.25, 0.3) is 0 Å². The molecule has 1 aromatic carbocycles. The molecule has 4 N–H and O–H groups in total. The Bertz CT molecular complexity index is 749. The maximum Gasteiger partial charge on any atom is 0.243 e. The van der Waals surface area contributed by atoms with E-state index in [1.807, 2.05) is 0 Å². The monoisotopic (exact) mass is 309 g/mol. The van der Waals surface area contributed by atoms with E-state index in [1.54, 1.807) is 31.3 Å². The lowest BCUT2D eigenvalue weighted by Gasteiger charge is -2.05. The van der Waals surface area contributed by atoms with Gasteiger partial charge in [-0.3, -0.25) is 4.68 Å². The van der Waals surface area contributed by atoms with Crippen molar-refractivity contribution in [1.29, 1.82) is 0 Å². The Morgan fingerprint density at radius 2 is 2.10 bits per heavy atom. The van der Waals surface area contributed by atoms with E-state index in [1.165, 1.54) is 17.1 Å². The lowest BCUT2D eigenvalue weighted by atomic mass is 10.1. The molecule has 0 aliphatic carbocycles. The normalized spacial score (nSPS) is 12.5. The van der Waals surface area contributed by atoms with Gasteiger partial charge in [-0.1, -0.05) is 29.4 Å². The number of aryl methyl sites for hydroxylation is 1. The van der Waals surface area contributed by atoms with Gasteiger partial charge in [0.05, 0.1) is 6.20 Å².